The molecule has 5 heteroatoms. The SMILES string of the molecule is CCOCCCC(=O)NC1CCC(CC2CCC(NC(C)=O)CC2)CC1. The van der Waals surface area contributed by atoms with E-state index < -0.39 is 0 Å². The first kappa shape index (κ1) is 21.2. The van der Waals surface area contributed by atoms with Gasteiger partial charge in [0.15, 0.2) is 0 Å². The lowest BCUT2D eigenvalue weighted by Gasteiger charge is -2.34. The standard InChI is InChI=1S/C21H38N2O3/c1-3-26-14-4-5-21(25)23-20-12-8-18(9-13-20)15-17-6-10-19(11-7-17)22-16(2)24/h17-20H,3-15H2,1-2H3,(H,22,24)(H,23,25). The molecule has 26 heavy (non-hydrogen) atoms. The van der Waals surface area contributed by atoms with Crippen molar-refractivity contribution in [3.63, 3.8) is 0 Å². The second-order valence-corrected chi connectivity index (χ2v) is 8.24. The van der Waals surface area contributed by atoms with E-state index in [4.69, 9.17) is 4.74 Å². The fourth-order valence-electron chi connectivity index (χ4n) is 4.62. The number of hydrogen-bond acceptors (Lipinski definition) is 3. The van der Waals surface area contributed by atoms with Crippen molar-refractivity contribution in [3.05, 3.63) is 0 Å². The van der Waals surface area contributed by atoms with Crippen LogP contribution in [-0.2, 0) is 14.3 Å². The van der Waals surface area contributed by atoms with Crippen LogP contribution in [0, 0.1) is 11.8 Å². The molecule has 2 aliphatic rings. The van der Waals surface area contributed by atoms with Crippen LogP contribution in [0.15, 0.2) is 0 Å². The zero-order valence-electron chi connectivity index (χ0n) is 16.7. The molecule has 2 amide bonds. The van der Waals surface area contributed by atoms with Crippen LogP contribution in [0.1, 0.15) is 84.5 Å². The van der Waals surface area contributed by atoms with Crippen molar-refractivity contribution < 1.29 is 14.3 Å². The Kier molecular flexibility index (Phi) is 9.44. The molecule has 150 valence electrons. The first-order valence-electron chi connectivity index (χ1n) is 10.7. The minimum Gasteiger partial charge on any atom is -0.382 e. The Morgan fingerprint density at radius 1 is 0.885 bits per heavy atom. The first-order chi connectivity index (χ1) is 12.6. The Morgan fingerprint density at radius 2 is 1.42 bits per heavy atom. The molecule has 5 nitrogen and oxygen atoms in total. The summed E-state index contributed by atoms with van der Waals surface area (Å²) in [6.45, 7) is 5.00. The third kappa shape index (κ3) is 8.07. The van der Waals surface area contributed by atoms with E-state index >= 15 is 0 Å². The highest BCUT2D eigenvalue weighted by molar-refractivity contribution is 5.76. The van der Waals surface area contributed by atoms with Gasteiger partial charge in [-0.15, -0.1) is 0 Å². The molecule has 2 N–H and O–H groups in total. The predicted molar refractivity (Wildman–Crippen MR) is 104 cm³/mol. The van der Waals surface area contributed by atoms with Crippen LogP contribution in [0.5, 0.6) is 0 Å². The Bertz CT molecular complexity index is 425. The molecule has 0 aromatic carbocycles. The average molecular weight is 367 g/mol. The number of carbonyl (C=O) groups is 2. The van der Waals surface area contributed by atoms with E-state index in [9.17, 15) is 9.59 Å². The highest BCUT2D eigenvalue weighted by Gasteiger charge is 2.27. The van der Waals surface area contributed by atoms with Gasteiger partial charge in [0.25, 0.3) is 0 Å². The van der Waals surface area contributed by atoms with Crippen LogP contribution in [0.3, 0.4) is 0 Å². The van der Waals surface area contributed by atoms with E-state index in [-0.39, 0.29) is 11.8 Å². The fourth-order valence-corrected chi connectivity index (χ4v) is 4.62. The van der Waals surface area contributed by atoms with Crippen molar-refractivity contribution >= 4 is 11.8 Å². The summed E-state index contributed by atoms with van der Waals surface area (Å²) in [5, 5.41) is 6.27. The van der Waals surface area contributed by atoms with Gasteiger partial charge in [-0.1, -0.05) is 0 Å². The molecule has 2 fully saturated rings. The molecule has 2 aliphatic carbocycles. The van der Waals surface area contributed by atoms with Crippen molar-refractivity contribution in [1.29, 1.82) is 0 Å². The minimum absolute atomic E-state index is 0.103. The first-order valence-corrected chi connectivity index (χ1v) is 10.7. The van der Waals surface area contributed by atoms with Gasteiger partial charge < -0.3 is 15.4 Å². The van der Waals surface area contributed by atoms with Gasteiger partial charge in [0, 0.05) is 38.6 Å². The number of nitrogens with one attached hydrogen (secondary N) is 2. The molecule has 0 unspecified atom stereocenters. The quantitative estimate of drug-likeness (QED) is 0.613. The summed E-state index contributed by atoms with van der Waals surface area (Å²) in [4.78, 5) is 23.1. The predicted octanol–water partition coefficient (Wildman–Crippen LogP) is 3.56. The van der Waals surface area contributed by atoms with Crippen LogP contribution in [0.2, 0.25) is 0 Å². The van der Waals surface area contributed by atoms with Gasteiger partial charge in [0.2, 0.25) is 11.8 Å². The lowest BCUT2D eigenvalue weighted by Crippen LogP contribution is -2.38. The third-order valence-electron chi connectivity index (χ3n) is 6.03. The summed E-state index contributed by atoms with van der Waals surface area (Å²) < 4.78 is 5.28. The molecule has 0 bridgehead atoms. The average Bonchev–Trinajstić information content (AvgIpc) is 2.62. The maximum absolute atomic E-state index is 12.0. The Hall–Kier alpha value is -1.10. The molecule has 0 saturated heterocycles. The van der Waals surface area contributed by atoms with E-state index in [1.165, 1.54) is 32.1 Å². The number of rotatable bonds is 9. The van der Waals surface area contributed by atoms with Crippen LogP contribution in [0.4, 0.5) is 0 Å². The van der Waals surface area contributed by atoms with Crippen LogP contribution < -0.4 is 10.6 Å². The maximum atomic E-state index is 12.0. The molecule has 0 atom stereocenters. The summed E-state index contributed by atoms with van der Waals surface area (Å²) in [6.07, 6.45) is 12.3. The summed E-state index contributed by atoms with van der Waals surface area (Å²) in [5.74, 6) is 1.94. The largest absolute Gasteiger partial charge is 0.382 e. The van der Waals surface area contributed by atoms with E-state index in [0.29, 0.717) is 25.1 Å². The van der Waals surface area contributed by atoms with Gasteiger partial charge in [0.05, 0.1) is 0 Å². The van der Waals surface area contributed by atoms with Crippen molar-refractivity contribution in [1.82, 2.24) is 10.6 Å². The molecule has 0 radical (unpaired) electrons. The zero-order chi connectivity index (χ0) is 18.8. The summed E-state index contributed by atoms with van der Waals surface area (Å²) in [7, 11) is 0. The number of amides is 2. The Balaban J connectivity index is 1.56. The lowest BCUT2D eigenvalue weighted by atomic mass is 9.75. The highest BCUT2D eigenvalue weighted by atomic mass is 16.5. The summed E-state index contributed by atoms with van der Waals surface area (Å²) in [5.41, 5.74) is 0. The van der Waals surface area contributed by atoms with Crippen molar-refractivity contribution in [3.8, 4) is 0 Å². The van der Waals surface area contributed by atoms with Gasteiger partial charge in [-0.25, -0.2) is 0 Å². The van der Waals surface area contributed by atoms with Gasteiger partial charge in [-0.2, -0.15) is 0 Å². The number of carbonyl (C=O) groups excluding carboxylic acids is 2. The number of hydrogen-bond donors (Lipinski definition) is 2. The second-order valence-electron chi connectivity index (χ2n) is 8.24. The molecular weight excluding hydrogens is 328 g/mol. The normalized spacial score (nSPS) is 29.2. The van der Waals surface area contributed by atoms with Crippen LogP contribution in [-0.4, -0.2) is 37.1 Å². The van der Waals surface area contributed by atoms with Gasteiger partial charge >= 0.3 is 0 Å². The smallest absolute Gasteiger partial charge is 0.220 e. The van der Waals surface area contributed by atoms with E-state index in [0.717, 1.165) is 50.5 Å². The van der Waals surface area contributed by atoms with E-state index in [2.05, 4.69) is 10.6 Å². The van der Waals surface area contributed by atoms with Crippen molar-refractivity contribution in [2.45, 2.75) is 96.6 Å². The van der Waals surface area contributed by atoms with Crippen LogP contribution in [0.25, 0.3) is 0 Å². The summed E-state index contributed by atoms with van der Waals surface area (Å²) in [6, 6.07) is 0.777. The molecular formula is C21H38N2O3. The lowest BCUT2D eigenvalue weighted by molar-refractivity contribution is -0.122. The zero-order valence-corrected chi connectivity index (χ0v) is 16.7. The van der Waals surface area contributed by atoms with E-state index in [1.807, 2.05) is 6.92 Å². The molecule has 0 aromatic heterocycles. The van der Waals surface area contributed by atoms with Gasteiger partial charge in [-0.05, 0) is 83.0 Å². The number of ether oxygens (including phenoxy) is 1. The topological polar surface area (TPSA) is 67.4 Å². The fraction of sp³-hybridized carbons (Fsp3) is 0.905. The van der Waals surface area contributed by atoms with Crippen LogP contribution >= 0.6 is 0 Å². The molecule has 2 saturated carbocycles. The third-order valence-corrected chi connectivity index (χ3v) is 6.03. The van der Waals surface area contributed by atoms with Gasteiger partial charge in [0.1, 0.15) is 0 Å². The van der Waals surface area contributed by atoms with Crippen molar-refractivity contribution in [2.75, 3.05) is 13.2 Å². The molecule has 0 spiro atoms. The molecule has 0 heterocycles. The molecule has 2 rings (SSSR count). The summed E-state index contributed by atoms with van der Waals surface area (Å²) >= 11 is 0. The minimum atomic E-state index is 0.103. The van der Waals surface area contributed by atoms with Crippen molar-refractivity contribution in [2.24, 2.45) is 11.8 Å². The molecule has 0 aliphatic heterocycles. The second kappa shape index (κ2) is 11.6. The monoisotopic (exact) mass is 366 g/mol. The van der Waals surface area contributed by atoms with E-state index in [1.54, 1.807) is 6.92 Å². The maximum Gasteiger partial charge on any atom is 0.220 e. The van der Waals surface area contributed by atoms with Gasteiger partial charge in [-0.3, -0.25) is 9.59 Å². The Morgan fingerprint density at radius 3 is 1.92 bits per heavy atom. The highest BCUT2D eigenvalue weighted by Crippen LogP contribution is 2.35. The molecule has 0 aromatic rings. The Labute approximate surface area is 159 Å².